The number of hydrogen-bond acceptors (Lipinski definition) is 2. The van der Waals surface area contributed by atoms with Gasteiger partial charge in [0.15, 0.2) is 0 Å². The third-order valence-electron chi connectivity index (χ3n) is 3.55. The first-order chi connectivity index (χ1) is 6.23. The average Bonchev–Trinajstić information content (AvgIpc) is 2.11. The third kappa shape index (κ3) is 1.86. The van der Waals surface area contributed by atoms with Crippen LogP contribution in [0, 0.1) is 0 Å². The van der Waals surface area contributed by atoms with E-state index in [0.717, 1.165) is 13.1 Å². The lowest BCUT2D eigenvalue weighted by Crippen LogP contribution is -2.60. The first-order valence-electron chi connectivity index (χ1n) is 5.29. The lowest BCUT2D eigenvalue weighted by molar-refractivity contribution is 0.0474. The topological polar surface area (TPSA) is 15.3 Å². The number of hydrogen-bond donors (Lipinski definition) is 1. The van der Waals surface area contributed by atoms with E-state index >= 15 is 0 Å². The van der Waals surface area contributed by atoms with Gasteiger partial charge in [0.2, 0.25) is 0 Å². The molecule has 2 bridgehead atoms. The summed E-state index contributed by atoms with van der Waals surface area (Å²) in [4.78, 5) is 2.32. The zero-order chi connectivity index (χ0) is 9.31. The first kappa shape index (κ1) is 9.41. The molecule has 0 radical (unpaired) electrons. The lowest BCUT2D eigenvalue weighted by atomic mass is 9.80. The lowest BCUT2D eigenvalue weighted by Gasteiger charge is -2.49. The minimum atomic E-state index is -0.194. The van der Waals surface area contributed by atoms with Gasteiger partial charge in [-0.3, -0.25) is 4.90 Å². The molecule has 0 aromatic rings. The average molecular weight is 186 g/mol. The molecule has 1 N–H and O–H groups in total. The molecule has 76 valence electrons. The number of piperidine rings is 2. The highest BCUT2D eigenvalue weighted by atomic mass is 19.1. The largest absolute Gasteiger partial charge is 0.311 e. The SMILES string of the molecule is C[C@@]12CCN(CCF)C(CCN1)C2. The standard InChI is InChI=1S/C10H19FN2/c1-10-3-6-13(7-4-11)9(8-10)2-5-12-10/h9,12H,2-8H2,1H3/t9?,10-/m0/s1. The van der Waals surface area contributed by atoms with Crippen molar-refractivity contribution in [2.24, 2.45) is 0 Å². The van der Waals surface area contributed by atoms with E-state index in [-0.39, 0.29) is 6.67 Å². The quantitative estimate of drug-likeness (QED) is 0.696. The van der Waals surface area contributed by atoms with Crippen LogP contribution in [0.15, 0.2) is 0 Å². The maximum Gasteiger partial charge on any atom is 0.102 e. The summed E-state index contributed by atoms with van der Waals surface area (Å²) in [6.45, 7) is 4.91. The molecule has 0 aromatic heterocycles. The van der Waals surface area contributed by atoms with E-state index < -0.39 is 0 Å². The molecule has 3 heteroatoms. The molecular weight excluding hydrogens is 167 g/mol. The monoisotopic (exact) mass is 186 g/mol. The number of likely N-dealkylation sites (tertiary alicyclic amines) is 1. The minimum absolute atomic E-state index is 0.194. The van der Waals surface area contributed by atoms with Gasteiger partial charge in [-0.15, -0.1) is 0 Å². The molecule has 2 saturated heterocycles. The van der Waals surface area contributed by atoms with Crippen molar-refractivity contribution < 1.29 is 4.39 Å². The van der Waals surface area contributed by atoms with Crippen LogP contribution < -0.4 is 5.32 Å². The van der Waals surface area contributed by atoms with Gasteiger partial charge < -0.3 is 5.32 Å². The fourth-order valence-corrected chi connectivity index (χ4v) is 2.71. The van der Waals surface area contributed by atoms with Crippen molar-refractivity contribution in [2.75, 3.05) is 26.3 Å². The van der Waals surface area contributed by atoms with Crippen LogP contribution in [-0.4, -0.2) is 42.8 Å². The highest BCUT2D eigenvalue weighted by Crippen LogP contribution is 2.31. The molecule has 2 atom stereocenters. The Morgan fingerprint density at radius 3 is 3.23 bits per heavy atom. The Kier molecular flexibility index (Phi) is 2.56. The molecule has 2 nitrogen and oxygen atoms in total. The number of halogens is 1. The summed E-state index contributed by atoms with van der Waals surface area (Å²) in [6, 6.07) is 0.635. The predicted molar refractivity (Wildman–Crippen MR) is 51.6 cm³/mol. The molecule has 0 amide bonds. The van der Waals surface area contributed by atoms with Gasteiger partial charge in [0.25, 0.3) is 0 Å². The van der Waals surface area contributed by atoms with Crippen LogP contribution in [0.5, 0.6) is 0 Å². The number of rotatable bonds is 2. The molecule has 2 fully saturated rings. The number of fused-ring (bicyclic) bond motifs is 2. The molecule has 2 aliphatic rings. The van der Waals surface area contributed by atoms with Crippen molar-refractivity contribution in [3.8, 4) is 0 Å². The molecule has 0 spiro atoms. The minimum Gasteiger partial charge on any atom is -0.311 e. The molecule has 0 aromatic carbocycles. The fraction of sp³-hybridized carbons (Fsp3) is 1.00. The van der Waals surface area contributed by atoms with Gasteiger partial charge in [-0.25, -0.2) is 4.39 Å². The van der Waals surface area contributed by atoms with Crippen molar-refractivity contribution in [3.05, 3.63) is 0 Å². The maximum atomic E-state index is 12.2. The number of alkyl halides is 1. The van der Waals surface area contributed by atoms with E-state index in [4.69, 9.17) is 0 Å². The molecule has 2 rings (SSSR count). The van der Waals surface area contributed by atoms with Crippen molar-refractivity contribution >= 4 is 0 Å². The summed E-state index contributed by atoms with van der Waals surface area (Å²) in [5, 5.41) is 3.57. The summed E-state index contributed by atoms with van der Waals surface area (Å²) < 4.78 is 12.2. The molecule has 2 aliphatic heterocycles. The maximum absolute atomic E-state index is 12.2. The highest BCUT2D eigenvalue weighted by Gasteiger charge is 2.38. The summed E-state index contributed by atoms with van der Waals surface area (Å²) in [7, 11) is 0. The molecular formula is C10H19FN2. The van der Waals surface area contributed by atoms with E-state index in [0.29, 0.717) is 18.1 Å². The van der Waals surface area contributed by atoms with Crippen LogP contribution in [-0.2, 0) is 0 Å². The Labute approximate surface area is 79.5 Å². The first-order valence-corrected chi connectivity index (χ1v) is 5.29. The second kappa shape index (κ2) is 3.54. The van der Waals surface area contributed by atoms with Gasteiger partial charge in [-0.05, 0) is 32.7 Å². The van der Waals surface area contributed by atoms with Crippen LogP contribution in [0.3, 0.4) is 0 Å². The van der Waals surface area contributed by atoms with Gasteiger partial charge in [-0.1, -0.05) is 0 Å². The normalized spacial score (nSPS) is 40.6. The molecule has 13 heavy (non-hydrogen) atoms. The Morgan fingerprint density at radius 2 is 2.46 bits per heavy atom. The smallest absolute Gasteiger partial charge is 0.102 e. The zero-order valence-electron chi connectivity index (χ0n) is 8.35. The summed E-state index contributed by atoms with van der Waals surface area (Å²) in [5.41, 5.74) is 0.343. The van der Waals surface area contributed by atoms with E-state index in [1.807, 2.05) is 0 Å². The third-order valence-corrected chi connectivity index (χ3v) is 3.55. The van der Waals surface area contributed by atoms with Crippen LogP contribution in [0.25, 0.3) is 0 Å². The van der Waals surface area contributed by atoms with Crippen LogP contribution >= 0.6 is 0 Å². The molecule has 0 saturated carbocycles. The van der Waals surface area contributed by atoms with Crippen LogP contribution in [0.1, 0.15) is 26.2 Å². The zero-order valence-corrected chi connectivity index (χ0v) is 8.35. The summed E-state index contributed by atoms with van der Waals surface area (Å²) >= 11 is 0. The second-order valence-corrected chi connectivity index (χ2v) is 4.61. The number of nitrogens with zero attached hydrogens (tertiary/aromatic N) is 1. The van der Waals surface area contributed by atoms with Crippen molar-refractivity contribution in [1.82, 2.24) is 10.2 Å². The Balaban J connectivity index is 1.98. The van der Waals surface area contributed by atoms with Crippen LogP contribution in [0.4, 0.5) is 4.39 Å². The Hall–Kier alpha value is -0.150. The van der Waals surface area contributed by atoms with E-state index in [9.17, 15) is 4.39 Å². The van der Waals surface area contributed by atoms with E-state index in [1.165, 1.54) is 19.3 Å². The summed E-state index contributed by atoms with van der Waals surface area (Å²) in [6.07, 6.45) is 3.56. The van der Waals surface area contributed by atoms with Crippen molar-refractivity contribution in [1.29, 1.82) is 0 Å². The summed E-state index contributed by atoms with van der Waals surface area (Å²) in [5.74, 6) is 0. The Bertz CT molecular complexity index is 186. The Morgan fingerprint density at radius 1 is 1.62 bits per heavy atom. The fourth-order valence-electron chi connectivity index (χ4n) is 2.71. The molecule has 2 heterocycles. The van der Waals surface area contributed by atoms with E-state index in [1.54, 1.807) is 0 Å². The highest BCUT2D eigenvalue weighted by molar-refractivity contribution is 4.98. The van der Waals surface area contributed by atoms with E-state index in [2.05, 4.69) is 17.1 Å². The van der Waals surface area contributed by atoms with Crippen LogP contribution in [0.2, 0.25) is 0 Å². The van der Waals surface area contributed by atoms with Gasteiger partial charge in [0, 0.05) is 24.7 Å². The van der Waals surface area contributed by atoms with Crippen molar-refractivity contribution in [2.45, 2.75) is 37.8 Å². The molecule has 1 unspecified atom stereocenters. The number of nitrogens with one attached hydrogen (secondary N) is 1. The molecule has 0 aliphatic carbocycles. The second-order valence-electron chi connectivity index (χ2n) is 4.61. The predicted octanol–water partition coefficient (Wildman–Crippen LogP) is 1.17. The van der Waals surface area contributed by atoms with Gasteiger partial charge in [0.1, 0.15) is 6.67 Å². The van der Waals surface area contributed by atoms with Gasteiger partial charge in [-0.2, -0.15) is 0 Å². The van der Waals surface area contributed by atoms with Gasteiger partial charge in [0.05, 0.1) is 0 Å². The van der Waals surface area contributed by atoms with Gasteiger partial charge >= 0.3 is 0 Å². The van der Waals surface area contributed by atoms with Crippen molar-refractivity contribution in [3.63, 3.8) is 0 Å².